The van der Waals surface area contributed by atoms with Gasteiger partial charge in [-0.15, -0.1) is 11.3 Å². The van der Waals surface area contributed by atoms with E-state index in [2.05, 4.69) is 31.4 Å². The van der Waals surface area contributed by atoms with Crippen LogP contribution in [0.25, 0.3) is 10.4 Å². The summed E-state index contributed by atoms with van der Waals surface area (Å²) in [5, 5.41) is 10.0. The molecule has 0 aliphatic heterocycles. The summed E-state index contributed by atoms with van der Waals surface area (Å²) < 4.78 is 0. The molecule has 4 nitrogen and oxygen atoms in total. The molecule has 1 aromatic heterocycles. The maximum Gasteiger partial charge on any atom is 0.337 e. The van der Waals surface area contributed by atoms with Gasteiger partial charge in [0.05, 0.1) is 5.56 Å². The van der Waals surface area contributed by atoms with Crippen LogP contribution in [0.3, 0.4) is 0 Å². The summed E-state index contributed by atoms with van der Waals surface area (Å²) in [6.45, 7) is 4.47. The van der Waals surface area contributed by atoms with Gasteiger partial charge in [-0.1, -0.05) is 32.0 Å². The SMILES string of the molecule is CC1(C)CCc2sc(-c3cccc4c3CCC[C@H]4NN)c(C(=O)O)c2C1. The highest BCUT2D eigenvalue weighted by Crippen LogP contribution is 2.47. The third-order valence-electron chi connectivity index (χ3n) is 5.94. The van der Waals surface area contributed by atoms with Crippen LogP contribution in [0.15, 0.2) is 18.2 Å². The Hall–Kier alpha value is -1.69. The van der Waals surface area contributed by atoms with Gasteiger partial charge in [-0.2, -0.15) is 0 Å². The summed E-state index contributed by atoms with van der Waals surface area (Å²) in [4.78, 5) is 14.4. The Labute approximate surface area is 158 Å². The van der Waals surface area contributed by atoms with E-state index in [-0.39, 0.29) is 11.5 Å². The standard InChI is InChI=1S/C21H26N2O2S/c1-21(2)10-9-17-15(11-21)18(20(24)25)19(26-17)14-7-3-6-13-12(14)5-4-8-16(13)23-22/h3,6-7,16,23H,4-5,8-11,22H2,1-2H3,(H,24,25)/t16-/m1/s1. The average molecular weight is 371 g/mol. The van der Waals surface area contributed by atoms with Crippen molar-refractivity contribution >= 4 is 17.3 Å². The van der Waals surface area contributed by atoms with Gasteiger partial charge in [-0.05, 0) is 66.2 Å². The Bertz CT molecular complexity index is 869. The topological polar surface area (TPSA) is 75.3 Å². The number of hydrogen-bond acceptors (Lipinski definition) is 4. The molecule has 1 aromatic carbocycles. The van der Waals surface area contributed by atoms with E-state index < -0.39 is 5.97 Å². The van der Waals surface area contributed by atoms with Crippen LogP contribution in [0.5, 0.6) is 0 Å². The normalized spacial score (nSPS) is 21.1. The lowest BCUT2D eigenvalue weighted by Gasteiger charge is -2.29. The number of thiophene rings is 1. The Balaban J connectivity index is 1.90. The molecule has 26 heavy (non-hydrogen) atoms. The predicted molar refractivity (Wildman–Crippen MR) is 106 cm³/mol. The van der Waals surface area contributed by atoms with Gasteiger partial charge in [0.1, 0.15) is 0 Å². The molecule has 0 saturated heterocycles. The molecule has 2 aromatic rings. The van der Waals surface area contributed by atoms with Gasteiger partial charge in [0.2, 0.25) is 0 Å². The van der Waals surface area contributed by atoms with Crippen LogP contribution >= 0.6 is 11.3 Å². The lowest BCUT2D eigenvalue weighted by atomic mass is 9.75. The van der Waals surface area contributed by atoms with Crippen LogP contribution in [-0.4, -0.2) is 11.1 Å². The molecule has 0 fully saturated rings. The van der Waals surface area contributed by atoms with Gasteiger partial charge >= 0.3 is 5.97 Å². The van der Waals surface area contributed by atoms with Gasteiger partial charge < -0.3 is 5.11 Å². The highest BCUT2D eigenvalue weighted by Gasteiger charge is 2.34. The third kappa shape index (κ3) is 2.88. The molecule has 1 heterocycles. The zero-order valence-electron chi connectivity index (χ0n) is 15.4. The Kier molecular flexibility index (Phi) is 4.41. The van der Waals surface area contributed by atoms with Crippen molar-refractivity contribution in [3.8, 4) is 10.4 Å². The first-order valence-corrected chi connectivity index (χ1v) is 10.2. The molecular weight excluding hydrogens is 344 g/mol. The number of rotatable bonds is 3. The molecule has 4 N–H and O–H groups in total. The maximum atomic E-state index is 12.2. The van der Waals surface area contributed by atoms with Gasteiger partial charge in [-0.25, -0.2) is 4.79 Å². The zero-order chi connectivity index (χ0) is 18.5. The van der Waals surface area contributed by atoms with E-state index in [4.69, 9.17) is 5.84 Å². The number of hydrogen-bond donors (Lipinski definition) is 3. The number of fused-ring (bicyclic) bond motifs is 2. The van der Waals surface area contributed by atoms with Crippen molar-refractivity contribution < 1.29 is 9.90 Å². The lowest BCUT2D eigenvalue weighted by Crippen LogP contribution is -2.30. The number of aromatic carboxylic acids is 1. The molecule has 0 spiro atoms. The number of carbonyl (C=O) groups is 1. The van der Waals surface area contributed by atoms with E-state index in [0.717, 1.165) is 54.5 Å². The van der Waals surface area contributed by atoms with Crippen LogP contribution in [0.4, 0.5) is 0 Å². The molecule has 0 amide bonds. The number of benzene rings is 1. The third-order valence-corrected chi connectivity index (χ3v) is 7.27. The predicted octanol–water partition coefficient (Wildman–Crippen LogP) is 4.47. The first kappa shape index (κ1) is 17.7. The molecule has 5 heteroatoms. The summed E-state index contributed by atoms with van der Waals surface area (Å²) in [6, 6.07) is 6.41. The largest absolute Gasteiger partial charge is 0.478 e. The van der Waals surface area contributed by atoms with Crippen molar-refractivity contribution in [2.24, 2.45) is 11.3 Å². The number of carboxylic acid groups (broad SMARTS) is 1. The Morgan fingerprint density at radius 1 is 1.31 bits per heavy atom. The van der Waals surface area contributed by atoms with Gasteiger partial charge in [0.25, 0.3) is 0 Å². The molecule has 138 valence electrons. The van der Waals surface area contributed by atoms with E-state index in [1.54, 1.807) is 11.3 Å². The van der Waals surface area contributed by atoms with Crippen LogP contribution in [-0.2, 0) is 19.3 Å². The fraction of sp³-hybridized carbons (Fsp3) is 0.476. The van der Waals surface area contributed by atoms with E-state index in [9.17, 15) is 9.90 Å². The van der Waals surface area contributed by atoms with Crippen molar-refractivity contribution in [1.29, 1.82) is 0 Å². The second kappa shape index (κ2) is 6.48. The van der Waals surface area contributed by atoms with Gasteiger partial charge in [0, 0.05) is 15.8 Å². The summed E-state index contributed by atoms with van der Waals surface area (Å²) >= 11 is 1.69. The Morgan fingerprint density at radius 3 is 2.85 bits per heavy atom. The van der Waals surface area contributed by atoms with Gasteiger partial charge in [-0.3, -0.25) is 11.3 Å². The van der Waals surface area contributed by atoms with Crippen molar-refractivity contribution in [1.82, 2.24) is 5.43 Å². The molecule has 0 radical (unpaired) electrons. The smallest absolute Gasteiger partial charge is 0.337 e. The summed E-state index contributed by atoms with van der Waals surface area (Å²) in [5.74, 6) is 4.96. The van der Waals surface area contributed by atoms with Crippen LogP contribution in [0.1, 0.15) is 71.1 Å². The van der Waals surface area contributed by atoms with E-state index in [1.807, 2.05) is 6.07 Å². The van der Waals surface area contributed by atoms with E-state index in [1.165, 1.54) is 16.0 Å². The Morgan fingerprint density at radius 2 is 2.12 bits per heavy atom. The summed E-state index contributed by atoms with van der Waals surface area (Å²) in [6.07, 6.45) is 6.02. The minimum atomic E-state index is -0.794. The van der Waals surface area contributed by atoms with Crippen molar-refractivity contribution in [2.75, 3.05) is 0 Å². The monoisotopic (exact) mass is 370 g/mol. The van der Waals surface area contributed by atoms with E-state index >= 15 is 0 Å². The zero-order valence-corrected chi connectivity index (χ0v) is 16.2. The minimum absolute atomic E-state index is 0.153. The van der Waals surface area contributed by atoms with Crippen molar-refractivity contribution in [3.05, 3.63) is 45.3 Å². The quantitative estimate of drug-likeness (QED) is 0.550. The molecule has 2 aliphatic carbocycles. The van der Waals surface area contributed by atoms with Crippen LogP contribution in [0, 0.1) is 5.41 Å². The number of hydrazine groups is 1. The lowest BCUT2D eigenvalue weighted by molar-refractivity contribution is 0.0696. The summed E-state index contributed by atoms with van der Waals surface area (Å²) in [7, 11) is 0. The maximum absolute atomic E-state index is 12.2. The molecular formula is C21H26N2O2S. The molecule has 0 unspecified atom stereocenters. The average Bonchev–Trinajstić information content (AvgIpc) is 2.97. The highest BCUT2D eigenvalue weighted by atomic mass is 32.1. The summed E-state index contributed by atoms with van der Waals surface area (Å²) in [5.41, 5.74) is 8.27. The van der Waals surface area contributed by atoms with Crippen LogP contribution < -0.4 is 11.3 Å². The molecule has 0 bridgehead atoms. The molecule has 2 aliphatic rings. The first-order chi connectivity index (χ1) is 12.4. The highest BCUT2D eigenvalue weighted by molar-refractivity contribution is 7.16. The second-order valence-corrected chi connectivity index (χ2v) is 9.44. The first-order valence-electron chi connectivity index (χ1n) is 9.37. The molecule has 0 saturated carbocycles. The number of carboxylic acids is 1. The van der Waals surface area contributed by atoms with Crippen molar-refractivity contribution in [2.45, 2.75) is 58.4 Å². The van der Waals surface area contributed by atoms with Gasteiger partial charge in [0.15, 0.2) is 0 Å². The van der Waals surface area contributed by atoms with Crippen molar-refractivity contribution in [3.63, 3.8) is 0 Å². The minimum Gasteiger partial charge on any atom is -0.478 e. The number of nitrogens with one attached hydrogen (secondary N) is 1. The number of aryl methyl sites for hydroxylation is 1. The van der Waals surface area contributed by atoms with E-state index in [0.29, 0.717) is 5.56 Å². The fourth-order valence-electron chi connectivity index (χ4n) is 4.57. The molecule has 1 atom stereocenters. The van der Waals surface area contributed by atoms with Crippen LogP contribution in [0.2, 0.25) is 0 Å². The number of nitrogens with two attached hydrogens (primary N) is 1. The second-order valence-electron chi connectivity index (χ2n) is 8.34. The molecule has 4 rings (SSSR count). The fourth-order valence-corrected chi connectivity index (χ4v) is 5.93.